The van der Waals surface area contributed by atoms with Crippen LogP contribution >= 0.6 is 0 Å². The van der Waals surface area contributed by atoms with Crippen LogP contribution in [-0.2, 0) is 5.41 Å². The summed E-state index contributed by atoms with van der Waals surface area (Å²) in [5, 5.41) is 15.9. The lowest BCUT2D eigenvalue weighted by Gasteiger charge is -2.25. The van der Waals surface area contributed by atoms with Crippen molar-refractivity contribution in [3.05, 3.63) is 11.4 Å². The van der Waals surface area contributed by atoms with E-state index in [4.69, 9.17) is 0 Å². The predicted octanol–water partition coefficient (Wildman–Crippen LogP) is 2.55. The van der Waals surface area contributed by atoms with Gasteiger partial charge in [-0.25, -0.2) is 9.97 Å². The maximum absolute atomic E-state index is 9.48. The van der Waals surface area contributed by atoms with E-state index in [2.05, 4.69) is 55.2 Å². The van der Waals surface area contributed by atoms with Crippen molar-refractivity contribution in [1.29, 1.82) is 0 Å². The minimum Gasteiger partial charge on any atom is -0.394 e. The summed E-state index contributed by atoms with van der Waals surface area (Å²) in [6, 6.07) is -0.0128. The molecule has 20 heavy (non-hydrogen) atoms. The Balaban J connectivity index is 3.24. The number of aliphatic hydroxyl groups is 1. The third-order valence-corrected chi connectivity index (χ3v) is 3.38. The molecule has 0 amide bonds. The number of hydrogen-bond donors (Lipinski definition) is 3. The molecule has 0 aliphatic rings. The van der Waals surface area contributed by atoms with E-state index in [-0.39, 0.29) is 18.1 Å². The normalized spacial score (nSPS) is 13.4. The molecule has 0 saturated carbocycles. The number of nitrogens with zero attached hydrogens (tertiary/aromatic N) is 2. The van der Waals surface area contributed by atoms with Gasteiger partial charge in [-0.3, -0.25) is 0 Å². The van der Waals surface area contributed by atoms with Crippen molar-refractivity contribution in [3.8, 4) is 0 Å². The largest absolute Gasteiger partial charge is 0.394 e. The molecule has 0 unspecified atom stereocenters. The topological polar surface area (TPSA) is 70.1 Å². The van der Waals surface area contributed by atoms with E-state index in [1.807, 2.05) is 14.0 Å². The van der Waals surface area contributed by atoms with Gasteiger partial charge in [0.2, 0.25) is 0 Å². The summed E-state index contributed by atoms with van der Waals surface area (Å²) >= 11 is 0. The van der Waals surface area contributed by atoms with Crippen LogP contribution in [0, 0.1) is 12.8 Å². The fraction of sp³-hybridized carbons (Fsp3) is 0.733. The van der Waals surface area contributed by atoms with Crippen LogP contribution < -0.4 is 10.6 Å². The molecule has 1 rings (SSSR count). The van der Waals surface area contributed by atoms with Gasteiger partial charge >= 0.3 is 0 Å². The molecule has 114 valence electrons. The van der Waals surface area contributed by atoms with E-state index < -0.39 is 0 Å². The maximum Gasteiger partial charge on any atom is 0.138 e. The van der Waals surface area contributed by atoms with Gasteiger partial charge in [0.1, 0.15) is 17.5 Å². The molecule has 0 saturated heterocycles. The zero-order valence-corrected chi connectivity index (χ0v) is 13.7. The van der Waals surface area contributed by atoms with Gasteiger partial charge in [-0.05, 0) is 12.8 Å². The molecule has 1 aromatic heterocycles. The highest BCUT2D eigenvalue weighted by Crippen LogP contribution is 2.26. The third kappa shape index (κ3) is 3.82. The highest BCUT2D eigenvalue weighted by atomic mass is 16.3. The Bertz CT molecular complexity index is 452. The Morgan fingerprint density at radius 3 is 2.10 bits per heavy atom. The second-order valence-corrected chi connectivity index (χ2v) is 6.55. The zero-order valence-electron chi connectivity index (χ0n) is 13.7. The van der Waals surface area contributed by atoms with Crippen LogP contribution in [-0.4, -0.2) is 34.8 Å². The first-order chi connectivity index (χ1) is 9.20. The van der Waals surface area contributed by atoms with Crippen LogP contribution in [0.3, 0.4) is 0 Å². The SMILES string of the molecule is CNc1nc(C(C)(C)C)nc(N[C@H](CO)C(C)C)c1C. The summed E-state index contributed by atoms with van der Waals surface area (Å²) in [4.78, 5) is 9.22. The van der Waals surface area contributed by atoms with E-state index >= 15 is 0 Å². The molecule has 1 heterocycles. The van der Waals surface area contributed by atoms with Gasteiger partial charge in [0.25, 0.3) is 0 Å². The molecule has 0 spiro atoms. The molecule has 0 bridgehead atoms. The quantitative estimate of drug-likeness (QED) is 0.773. The first-order valence-electron chi connectivity index (χ1n) is 7.15. The van der Waals surface area contributed by atoms with Crippen LogP contribution in [0.2, 0.25) is 0 Å². The number of rotatable bonds is 5. The second-order valence-electron chi connectivity index (χ2n) is 6.55. The van der Waals surface area contributed by atoms with Gasteiger partial charge in [0.05, 0.1) is 12.6 Å². The lowest BCUT2D eigenvalue weighted by molar-refractivity contribution is 0.249. The van der Waals surface area contributed by atoms with Crippen LogP contribution in [0.5, 0.6) is 0 Å². The van der Waals surface area contributed by atoms with Gasteiger partial charge < -0.3 is 15.7 Å². The number of aromatic nitrogens is 2. The molecule has 0 fully saturated rings. The molecule has 1 aromatic rings. The fourth-order valence-corrected chi connectivity index (χ4v) is 1.83. The summed E-state index contributed by atoms with van der Waals surface area (Å²) < 4.78 is 0. The maximum atomic E-state index is 9.48. The highest BCUT2D eigenvalue weighted by Gasteiger charge is 2.22. The molecule has 1 atom stereocenters. The Morgan fingerprint density at radius 2 is 1.70 bits per heavy atom. The van der Waals surface area contributed by atoms with Crippen molar-refractivity contribution in [2.45, 2.75) is 53.0 Å². The van der Waals surface area contributed by atoms with Crippen LogP contribution in [0.15, 0.2) is 0 Å². The van der Waals surface area contributed by atoms with E-state index in [1.54, 1.807) is 0 Å². The molecule has 0 aliphatic carbocycles. The molecule has 3 N–H and O–H groups in total. The number of nitrogens with one attached hydrogen (secondary N) is 2. The molecule has 0 radical (unpaired) electrons. The monoisotopic (exact) mass is 280 g/mol. The van der Waals surface area contributed by atoms with Crippen LogP contribution in [0.25, 0.3) is 0 Å². The van der Waals surface area contributed by atoms with E-state index in [0.717, 1.165) is 23.0 Å². The lowest BCUT2D eigenvalue weighted by Crippen LogP contribution is -2.31. The Kier molecular flexibility index (Phi) is 5.34. The predicted molar refractivity (Wildman–Crippen MR) is 84.4 cm³/mol. The van der Waals surface area contributed by atoms with Gasteiger partial charge in [-0.15, -0.1) is 0 Å². The van der Waals surface area contributed by atoms with Gasteiger partial charge in [0, 0.05) is 18.0 Å². The van der Waals surface area contributed by atoms with Crippen molar-refractivity contribution in [2.24, 2.45) is 5.92 Å². The summed E-state index contributed by atoms with van der Waals surface area (Å²) in [5.74, 6) is 2.73. The van der Waals surface area contributed by atoms with Crippen molar-refractivity contribution < 1.29 is 5.11 Å². The fourth-order valence-electron chi connectivity index (χ4n) is 1.83. The van der Waals surface area contributed by atoms with E-state index in [1.165, 1.54) is 0 Å². The summed E-state index contributed by atoms with van der Waals surface area (Å²) in [5.41, 5.74) is 0.849. The minimum absolute atomic E-state index is 0.0128. The molecule has 5 heteroatoms. The number of anilines is 2. The van der Waals surface area contributed by atoms with Gasteiger partial charge in [-0.2, -0.15) is 0 Å². The molecular weight excluding hydrogens is 252 g/mol. The van der Waals surface area contributed by atoms with Gasteiger partial charge in [-0.1, -0.05) is 34.6 Å². The smallest absolute Gasteiger partial charge is 0.138 e. The molecular formula is C15H28N4O. The Labute approximate surface area is 122 Å². The average molecular weight is 280 g/mol. The van der Waals surface area contributed by atoms with Crippen molar-refractivity contribution in [1.82, 2.24) is 9.97 Å². The summed E-state index contributed by atoms with van der Waals surface area (Å²) in [6.45, 7) is 12.5. The first kappa shape index (κ1) is 16.7. The molecule has 0 aromatic carbocycles. The van der Waals surface area contributed by atoms with Crippen molar-refractivity contribution in [3.63, 3.8) is 0 Å². The van der Waals surface area contributed by atoms with Gasteiger partial charge in [0.15, 0.2) is 0 Å². The summed E-state index contributed by atoms with van der Waals surface area (Å²) in [6.07, 6.45) is 0. The van der Waals surface area contributed by atoms with Crippen molar-refractivity contribution in [2.75, 3.05) is 24.3 Å². The number of aliphatic hydroxyl groups excluding tert-OH is 1. The van der Waals surface area contributed by atoms with Crippen LogP contribution in [0.1, 0.15) is 46.0 Å². The van der Waals surface area contributed by atoms with Crippen molar-refractivity contribution >= 4 is 11.6 Å². The number of hydrogen-bond acceptors (Lipinski definition) is 5. The minimum atomic E-state index is -0.123. The lowest BCUT2D eigenvalue weighted by atomic mass is 9.95. The average Bonchev–Trinajstić information content (AvgIpc) is 2.35. The zero-order chi connectivity index (χ0) is 15.5. The molecule has 5 nitrogen and oxygen atoms in total. The van der Waals surface area contributed by atoms with Crippen LogP contribution in [0.4, 0.5) is 11.6 Å². The molecule has 0 aliphatic heterocycles. The van der Waals surface area contributed by atoms with E-state index in [9.17, 15) is 5.11 Å². The Morgan fingerprint density at radius 1 is 1.15 bits per heavy atom. The highest BCUT2D eigenvalue weighted by molar-refractivity contribution is 5.57. The first-order valence-corrected chi connectivity index (χ1v) is 7.15. The second kappa shape index (κ2) is 6.39. The van der Waals surface area contributed by atoms with E-state index in [0.29, 0.717) is 5.92 Å². The Hall–Kier alpha value is -1.36. The summed E-state index contributed by atoms with van der Waals surface area (Å²) in [7, 11) is 1.86. The standard InChI is InChI=1S/C15H28N4O/c1-9(2)11(8-20)17-13-10(3)12(16-7)18-14(19-13)15(4,5)6/h9,11,20H,8H2,1-7H3,(H2,16,17,18,19)/t11-/m1/s1. The third-order valence-electron chi connectivity index (χ3n) is 3.38.